The van der Waals surface area contributed by atoms with Crippen LogP contribution in [0.15, 0.2) is 18.2 Å². The lowest BCUT2D eigenvalue weighted by atomic mass is 9.80. The molecule has 0 spiro atoms. The Bertz CT molecular complexity index is 458. The molecule has 1 aliphatic rings. The van der Waals surface area contributed by atoms with Crippen LogP contribution in [0.25, 0.3) is 0 Å². The molecule has 3 N–H and O–H groups in total. The third kappa shape index (κ3) is 3.37. The smallest absolute Gasteiger partial charge is 0.258 e. The molecule has 1 amide bonds. The molecule has 1 aliphatic carbocycles. The third-order valence-corrected chi connectivity index (χ3v) is 4.43. The predicted molar refractivity (Wildman–Crippen MR) is 78.3 cm³/mol. The van der Waals surface area contributed by atoms with Crippen LogP contribution in [-0.4, -0.2) is 28.5 Å². The van der Waals surface area contributed by atoms with Gasteiger partial charge in [0.25, 0.3) is 5.91 Å². The largest absolute Gasteiger partial charge is 0.507 e. The molecule has 1 aromatic rings. The van der Waals surface area contributed by atoms with Crippen LogP contribution in [0.1, 0.15) is 36.0 Å². The minimum atomic E-state index is -0.445. The number of phenolic OH excluding ortho intramolecular Hbond substituents is 2. The highest BCUT2D eigenvalue weighted by molar-refractivity contribution is 6.18. The van der Waals surface area contributed by atoms with Crippen LogP contribution in [0.5, 0.6) is 11.5 Å². The number of aromatic hydroxyl groups is 2. The van der Waals surface area contributed by atoms with E-state index >= 15 is 0 Å². The summed E-state index contributed by atoms with van der Waals surface area (Å²) in [6, 6.07) is 4.26. The van der Waals surface area contributed by atoms with E-state index in [-0.39, 0.29) is 17.1 Å². The Morgan fingerprint density at radius 1 is 1.20 bits per heavy atom. The monoisotopic (exact) mass is 297 g/mol. The SMILES string of the molecule is O=C(NCC1CCCCC1CCl)c1c(O)cccc1O. The van der Waals surface area contributed by atoms with Crippen molar-refractivity contribution >= 4 is 17.5 Å². The average molecular weight is 298 g/mol. The molecule has 0 bridgehead atoms. The molecule has 0 aromatic heterocycles. The lowest BCUT2D eigenvalue weighted by Crippen LogP contribution is -2.34. The fourth-order valence-electron chi connectivity index (χ4n) is 2.83. The zero-order valence-corrected chi connectivity index (χ0v) is 12.1. The minimum Gasteiger partial charge on any atom is -0.507 e. The van der Waals surface area contributed by atoms with Crippen molar-refractivity contribution in [3.63, 3.8) is 0 Å². The molecular weight excluding hydrogens is 278 g/mol. The molecule has 1 aromatic carbocycles. The van der Waals surface area contributed by atoms with Crippen molar-refractivity contribution in [3.05, 3.63) is 23.8 Å². The topological polar surface area (TPSA) is 69.6 Å². The van der Waals surface area contributed by atoms with Gasteiger partial charge in [-0.25, -0.2) is 0 Å². The number of nitrogens with one attached hydrogen (secondary N) is 1. The van der Waals surface area contributed by atoms with Gasteiger partial charge in [0.2, 0.25) is 0 Å². The number of carbonyl (C=O) groups is 1. The zero-order chi connectivity index (χ0) is 14.5. The second kappa shape index (κ2) is 6.84. The molecule has 2 atom stereocenters. The van der Waals surface area contributed by atoms with Crippen molar-refractivity contribution in [1.29, 1.82) is 0 Å². The normalized spacial score (nSPS) is 22.4. The van der Waals surface area contributed by atoms with Crippen LogP contribution >= 0.6 is 11.6 Å². The summed E-state index contributed by atoms with van der Waals surface area (Å²) in [6.45, 7) is 0.532. The lowest BCUT2D eigenvalue weighted by Gasteiger charge is -2.30. The van der Waals surface area contributed by atoms with E-state index in [1.54, 1.807) is 0 Å². The Morgan fingerprint density at radius 2 is 1.80 bits per heavy atom. The van der Waals surface area contributed by atoms with Crippen LogP contribution in [-0.2, 0) is 0 Å². The molecule has 1 saturated carbocycles. The van der Waals surface area contributed by atoms with E-state index in [2.05, 4.69) is 5.32 Å². The fourth-order valence-corrected chi connectivity index (χ4v) is 3.24. The summed E-state index contributed by atoms with van der Waals surface area (Å²) in [6.07, 6.45) is 4.52. The Kier molecular flexibility index (Phi) is 5.12. The summed E-state index contributed by atoms with van der Waals surface area (Å²) in [5.41, 5.74) is -0.0641. The van der Waals surface area contributed by atoms with Gasteiger partial charge in [-0.05, 0) is 36.8 Å². The van der Waals surface area contributed by atoms with Crippen LogP contribution in [0.2, 0.25) is 0 Å². The quantitative estimate of drug-likeness (QED) is 0.749. The summed E-state index contributed by atoms with van der Waals surface area (Å²) in [5.74, 6) is 0.559. The number of hydrogen-bond donors (Lipinski definition) is 3. The van der Waals surface area contributed by atoms with Gasteiger partial charge in [-0.15, -0.1) is 11.6 Å². The number of amides is 1. The van der Waals surface area contributed by atoms with Crippen LogP contribution in [0, 0.1) is 11.8 Å². The molecule has 110 valence electrons. The molecule has 5 heteroatoms. The van der Waals surface area contributed by atoms with Crippen molar-refractivity contribution in [2.75, 3.05) is 12.4 Å². The van der Waals surface area contributed by atoms with Gasteiger partial charge in [0.1, 0.15) is 17.1 Å². The average Bonchev–Trinajstić information content (AvgIpc) is 2.45. The van der Waals surface area contributed by atoms with Gasteiger partial charge in [-0.3, -0.25) is 4.79 Å². The molecule has 2 unspecified atom stereocenters. The molecule has 0 radical (unpaired) electrons. The van der Waals surface area contributed by atoms with E-state index < -0.39 is 5.91 Å². The van der Waals surface area contributed by atoms with Crippen LogP contribution in [0.3, 0.4) is 0 Å². The number of halogens is 1. The van der Waals surface area contributed by atoms with Gasteiger partial charge in [0.05, 0.1) is 0 Å². The number of benzene rings is 1. The molecule has 1 fully saturated rings. The maximum atomic E-state index is 12.1. The predicted octanol–water partition coefficient (Wildman–Crippen LogP) is 2.87. The summed E-state index contributed by atoms with van der Waals surface area (Å²) >= 11 is 5.97. The van der Waals surface area contributed by atoms with Crippen molar-refractivity contribution in [3.8, 4) is 11.5 Å². The van der Waals surface area contributed by atoms with Crippen molar-refractivity contribution in [2.45, 2.75) is 25.7 Å². The number of rotatable bonds is 4. The zero-order valence-electron chi connectivity index (χ0n) is 11.3. The van der Waals surface area contributed by atoms with Crippen molar-refractivity contribution in [1.82, 2.24) is 5.32 Å². The van der Waals surface area contributed by atoms with E-state index in [1.165, 1.54) is 24.6 Å². The molecular formula is C15H20ClNO3. The van der Waals surface area contributed by atoms with Gasteiger partial charge in [-0.2, -0.15) is 0 Å². The maximum Gasteiger partial charge on any atom is 0.258 e. The summed E-state index contributed by atoms with van der Waals surface area (Å²) in [7, 11) is 0. The highest BCUT2D eigenvalue weighted by atomic mass is 35.5. The Labute approximate surface area is 123 Å². The minimum absolute atomic E-state index is 0.0641. The van der Waals surface area contributed by atoms with Crippen LogP contribution in [0.4, 0.5) is 0 Å². The van der Waals surface area contributed by atoms with Gasteiger partial charge >= 0.3 is 0 Å². The van der Waals surface area contributed by atoms with Crippen molar-refractivity contribution < 1.29 is 15.0 Å². The molecule has 20 heavy (non-hydrogen) atoms. The molecule has 0 heterocycles. The first-order chi connectivity index (χ1) is 9.63. The van der Waals surface area contributed by atoms with E-state index in [0.29, 0.717) is 24.3 Å². The highest BCUT2D eigenvalue weighted by Gasteiger charge is 2.25. The number of hydrogen-bond acceptors (Lipinski definition) is 3. The Balaban J connectivity index is 1.98. The lowest BCUT2D eigenvalue weighted by molar-refractivity contribution is 0.0931. The molecule has 2 rings (SSSR count). The van der Waals surface area contributed by atoms with Gasteiger partial charge in [-0.1, -0.05) is 18.9 Å². The number of phenols is 2. The molecule has 0 saturated heterocycles. The first kappa shape index (κ1) is 15.0. The summed E-state index contributed by atoms with van der Waals surface area (Å²) < 4.78 is 0. The maximum absolute atomic E-state index is 12.1. The van der Waals surface area contributed by atoms with Gasteiger partial charge < -0.3 is 15.5 Å². The highest BCUT2D eigenvalue weighted by Crippen LogP contribution is 2.31. The first-order valence-corrected chi connectivity index (χ1v) is 7.52. The van der Waals surface area contributed by atoms with Gasteiger partial charge in [0.15, 0.2) is 0 Å². The first-order valence-electron chi connectivity index (χ1n) is 6.98. The van der Waals surface area contributed by atoms with E-state index in [9.17, 15) is 15.0 Å². The van der Waals surface area contributed by atoms with Gasteiger partial charge in [0, 0.05) is 12.4 Å². The Hall–Kier alpha value is -1.42. The number of alkyl halides is 1. The second-order valence-electron chi connectivity index (χ2n) is 5.34. The van der Waals surface area contributed by atoms with Crippen LogP contribution < -0.4 is 5.32 Å². The fraction of sp³-hybridized carbons (Fsp3) is 0.533. The molecule has 0 aliphatic heterocycles. The summed E-state index contributed by atoms with van der Waals surface area (Å²) in [5, 5.41) is 22.1. The Morgan fingerprint density at radius 3 is 2.40 bits per heavy atom. The van der Waals surface area contributed by atoms with Crippen molar-refractivity contribution in [2.24, 2.45) is 11.8 Å². The second-order valence-corrected chi connectivity index (χ2v) is 5.65. The number of carbonyl (C=O) groups excluding carboxylic acids is 1. The standard InChI is InChI=1S/C15H20ClNO3/c16-8-10-4-1-2-5-11(10)9-17-15(20)14-12(18)6-3-7-13(14)19/h3,6-7,10-11,18-19H,1-2,4-5,8-9H2,(H,17,20). The van der Waals surface area contributed by atoms with E-state index in [0.717, 1.165) is 19.3 Å². The third-order valence-electron chi connectivity index (χ3n) is 4.04. The molecule has 4 nitrogen and oxygen atoms in total. The summed E-state index contributed by atoms with van der Waals surface area (Å²) in [4.78, 5) is 12.1. The van der Waals surface area contributed by atoms with E-state index in [4.69, 9.17) is 11.6 Å². The van der Waals surface area contributed by atoms with E-state index in [1.807, 2.05) is 0 Å².